The number of carbonyl (C=O) groups excluding carboxylic acids is 1. The van der Waals surface area contributed by atoms with Crippen molar-refractivity contribution in [3.8, 4) is 0 Å². The number of anilines is 2. The van der Waals surface area contributed by atoms with Gasteiger partial charge in [-0.05, 0) is 119 Å². The lowest BCUT2D eigenvalue weighted by Gasteiger charge is -2.09. The minimum Gasteiger partial charge on any atom is -0.476 e. The second-order valence-corrected chi connectivity index (χ2v) is 18.2. The number of hydrogen-bond donors (Lipinski definition) is 5. The van der Waals surface area contributed by atoms with Gasteiger partial charge in [0.15, 0.2) is 5.01 Å². The van der Waals surface area contributed by atoms with Crippen LogP contribution in [-0.4, -0.2) is 47.3 Å². The second-order valence-electron chi connectivity index (χ2n) is 15.7. The average Bonchev–Trinajstić information content (AvgIpc) is 4.20. The first kappa shape index (κ1) is 51.6. The van der Waals surface area contributed by atoms with Crippen LogP contribution >= 0.6 is 22.7 Å². The molecule has 0 aliphatic heterocycles. The van der Waals surface area contributed by atoms with Gasteiger partial charge in [-0.15, -0.1) is 22.7 Å². The van der Waals surface area contributed by atoms with E-state index in [2.05, 4.69) is 110 Å². The lowest BCUT2D eigenvalue weighted by Crippen LogP contribution is -2.11. The molecule has 0 fully saturated rings. The van der Waals surface area contributed by atoms with E-state index in [0.29, 0.717) is 10.7 Å². The fourth-order valence-corrected chi connectivity index (χ4v) is 8.39. The number of aromatic carboxylic acids is 1. The van der Waals surface area contributed by atoms with E-state index in [4.69, 9.17) is 10.8 Å². The Balaban J connectivity index is 0.000000197. The zero-order valence-electron chi connectivity index (χ0n) is 37.7. The Hall–Kier alpha value is -8.78. The van der Waals surface area contributed by atoms with E-state index in [-0.39, 0.29) is 25.8 Å². The summed E-state index contributed by atoms with van der Waals surface area (Å²) >= 11 is 2.56. The lowest BCUT2D eigenvalue weighted by molar-refractivity contribution is 0.0696. The van der Waals surface area contributed by atoms with E-state index in [9.17, 15) is 9.59 Å². The number of hydrogen-bond acceptors (Lipinski definition) is 9. The molecular weight excluding hydrogens is 921 g/mol. The summed E-state index contributed by atoms with van der Waals surface area (Å²) in [5, 5.41) is 29.1. The van der Waals surface area contributed by atoms with Gasteiger partial charge in [0.2, 0.25) is 5.01 Å². The molecule has 356 valence electrons. The minimum absolute atomic E-state index is 0. The van der Waals surface area contributed by atoms with Crippen molar-refractivity contribution in [2.75, 3.05) is 11.1 Å². The monoisotopic (exact) mass is 974 g/mol. The predicted octanol–water partition coefficient (Wildman–Crippen LogP) is 14.6. The van der Waals surface area contributed by atoms with Gasteiger partial charge in [-0.1, -0.05) is 137 Å². The fourth-order valence-electron chi connectivity index (χ4n) is 7.13. The molecular formula is C58H54N8O3S2. The summed E-state index contributed by atoms with van der Waals surface area (Å²) in [5.41, 5.74) is 19.1. The van der Waals surface area contributed by atoms with Gasteiger partial charge >= 0.3 is 5.97 Å². The molecule has 0 saturated heterocycles. The summed E-state index contributed by atoms with van der Waals surface area (Å²) in [4.78, 5) is 32.3. The number of carboxylic acids is 1. The van der Waals surface area contributed by atoms with Gasteiger partial charge in [-0.3, -0.25) is 15.0 Å². The molecule has 0 radical (unpaired) electrons. The van der Waals surface area contributed by atoms with Crippen LogP contribution in [0.5, 0.6) is 0 Å². The number of nitrogen functional groups attached to an aromatic ring is 1. The fraction of sp³-hybridized carbons (Fsp3) is 0.0690. The normalized spacial score (nSPS) is 10.7. The molecule has 71 heavy (non-hydrogen) atoms. The molecule has 0 saturated carbocycles. The molecule has 1 amide bonds. The Morgan fingerprint density at radius 3 is 1.49 bits per heavy atom. The molecule has 13 heteroatoms. The van der Waals surface area contributed by atoms with E-state index >= 15 is 0 Å². The van der Waals surface area contributed by atoms with Crippen LogP contribution in [0.4, 0.5) is 11.4 Å². The van der Waals surface area contributed by atoms with Crippen molar-refractivity contribution in [1.29, 1.82) is 0 Å². The molecule has 0 aliphatic carbocycles. The zero-order valence-corrected chi connectivity index (χ0v) is 39.3. The number of aromatic amines is 2. The Kier molecular flexibility index (Phi) is 17.4. The van der Waals surface area contributed by atoms with Gasteiger partial charge in [0.05, 0.1) is 22.4 Å². The molecule has 0 unspecified atom stereocenters. The number of nitrogens with zero attached hydrogens (tertiary/aromatic N) is 4. The summed E-state index contributed by atoms with van der Waals surface area (Å²) in [6.45, 7) is 12.3. The highest BCUT2D eigenvalue weighted by molar-refractivity contribution is 7.13. The van der Waals surface area contributed by atoms with E-state index < -0.39 is 5.97 Å². The Labute approximate surface area is 421 Å². The number of amides is 1. The maximum Gasteiger partial charge on any atom is 0.365 e. The molecule has 0 bridgehead atoms. The van der Waals surface area contributed by atoms with Crippen molar-refractivity contribution < 1.29 is 14.7 Å². The van der Waals surface area contributed by atoms with Crippen LogP contribution in [-0.2, 0) is 0 Å². The molecule has 11 nitrogen and oxygen atoms in total. The van der Waals surface area contributed by atoms with Crippen LogP contribution in [0.2, 0.25) is 0 Å². The number of H-pyrrole nitrogens is 2. The number of aryl methyl sites for hydroxylation is 2. The Morgan fingerprint density at radius 1 is 0.577 bits per heavy atom. The molecule has 6 N–H and O–H groups in total. The van der Waals surface area contributed by atoms with Gasteiger partial charge in [-0.2, -0.15) is 10.2 Å². The number of thiazole rings is 2. The van der Waals surface area contributed by atoms with E-state index in [1.807, 2.05) is 123 Å². The molecule has 4 aromatic heterocycles. The standard InChI is InChI=1S/C28H22N4OS.C23H19N3.C5H5NO2S.2CH4/c1-18-17-29-28(34-18)27(33)30-23-10-6-9-21(15-23)19(2)22-12-13-24-25(31-32-26(24)16-22)14-11-20-7-4-3-5-8-20;1-16(18-8-5-9-20(24)14-18)19-11-12-21-22(25-26-23(21)15-19)13-10-17-6-3-2-4-7-17;1-3-2-6-4(9-3)5(7)8;;/h3-17H,2H2,1H3,(H,30,33)(H,31,32);2-15H,1,24H2,(H,25,26);2H,1H3,(H,7,8);2*1H4/b14-11+;13-10+;;;. The van der Waals surface area contributed by atoms with Crippen LogP contribution in [0.25, 0.3) is 57.3 Å². The van der Waals surface area contributed by atoms with E-state index in [0.717, 1.165) is 93.2 Å². The van der Waals surface area contributed by atoms with Crippen LogP contribution in [0, 0.1) is 13.8 Å². The molecule has 0 aliphatic rings. The van der Waals surface area contributed by atoms with Crippen molar-refractivity contribution in [2.24, 2.45) is 0 Å². The Bertz CT molecular complexity index is 3510. The first-order valence-corrected chi connectivity index (χ1v) is 23.3. The highest BCUT2D eigenvalue weighted by atomic mass is 32.1. The molecule has 6 aromatic carbocycles. The van der Waals surface area contributed by atoms with Gasteiger partial charge in [-0.25, -0.2) is 14.8 Å². The molecule has 0 spiro atoms. The van der Waals surface area contributed by atoms with Gasteiger partial charge in [0, 0.05) is 44.3 Å². The zero-order chi connectivity index (χ0) is 48.3. The number of fused-ring (bicyclic) bond motifs is 2. The first-order valence-electron chi connectivity index (χ1n) is 21.6. The summed E-state index contributed by atoms with van der Waals surface area (Å²) < 4.78 is 0. The Morgan fingerprint density at radius 2 is 1.04 bits per heavy atom. The highest BCUT2D eigenvalue weighted by Gasteiger charge is 2.13. The molecule has 0 atom stereocenters. The van der Waals surface area contributed by atoms with Crippen LogP contribution in [0.1, 0.15) is 89.0 Å². The smallest absolute Gasteiger partial charge is 0.365 e. The topological polar surface area (TPSA) is 176 Å². The number of nitrogens with one attached hydrogen (secondary N) is 3. The van der Waals surface area contributed by atoms with Crippen molar-refractivity contribution in [3.05, 3.63) is 236 Å². The lowest BCUT2D eigenvalue weighted by atomic mass is 9.98. The third-order valence-electron chi connectivity index (χ3n) is 10.7. The summed E-state index contributed by atoms with van der Waals surface area (Å²) in [5.74, 6) is -1.16. The van der Waals surface area contributed by atoms with Crippen LogP contribution < -0.4 is 11.1 Å². The number of rotatable bonds is 11. The maximum absolute atomic E-state index is 12.5. The number of benzene rings is 6. The van der Waals surface area contributed by atoms with Gasteiger partial charge in [0.1, 0.15) is 0 Å². The van der Waals surface area contributed by atoms with Gasteiger partial charge in [0.25, 0.3) is 5.91 Å². The number of carbonyl (C=O) groups is 2. The third-order valence-corrected chi connectivity index (χ3v) is 12.5. The van der Waals surface area contributed by atoms with Gasteiger partial charge < -0.3 is 16.2 Å². The predicted molar refractivity (Wildman–Crippen MR) is 299 cm³/mol. The van der Waals surface area contributed by atoms with Crippen molar-refractivity contribution in [3.63, 3.8) is 0 Å². The SMILES string of the molecule is C.C.C=C(c1cccc(N)c1)c1ccc2c(/C=C/c3ccccc3)n[nH]c2c1.C=C(c1cccc(NC(=O)c2ncc(C)s2)c1)c1ccc2c(/C=C/c3ccccc3)n[nH]c2c1.Cc1cnc(C(=O)O)s1. The maximum atomic E-state index is 12.5. The van der Waals surface area contributed by atoms with Crippen LogP contribution in [0.15, 0.2) is 171 Å². The molecule has 10 aromatic rings. The van der Waals surface area contributed by atoms with E-state index in [1.54, 1.807) is 12.4 Å². The van der Waals surface area contributed by atoms with E-state index in [1.165, 1.54) is 22.7 Å². The minimum atomic E-state index is -0.951. The molecule has 10 rings (SSSR count). The number of aromatic nitrogens is 6. The number of nitrogens with two attached hydrogens (primary N) is 1. The molecule has 4 heterocycles. The van der Waals surface area contributed by atoms with Crippen LogP contribution in [0.3, 0.4) is 0 Å². The second kappa shape index (κ2) is 24.0. The summed E-state index contributed by atoms with van der Waals surface area (Å²) in [7, 11) is 0. The highest BCUT2D eigenvalue weighted by Crippen LogP contribution is 2.30. The average molecular weight is 975 g/mol. The quantitative estimate of drug-likeness (QED) is 0.0796. The summed E-state index contributed by atoms with van der Waals surface area (Å²) in [6.07, 6.45) is 11.4. The van der Waals surface area contributed by atoms with Crippen molar-refractivity contribution in [2.45, 2.75) is 28.7 Å². The van der Waals surface area contributed by atoms with Crippen molar-refractivity contribution in [1.82, 2.24) is 30.4 Å². The third kappa shape index (κ3) is 13.3. The largest absolute Gasteiger partial charge is 0.476 e. The summed E-state index contributed by atoms with van der Waals surface area (Å²) in [6, 6.07) is 48.2. The number of carboxylic acid groups (broad SMARTS) is 1. The first-order chi connectivity index (χ1) is 33.5. The van der Waals surface area contributed by atoms with Crippen molar-refractivity contribution >= 4 is 103 Å².